The minimum atomic E-state index is -0.983. The zero-order valence-electron chi connectivity index (χ0n) is 16.3. The molecule has 0 aliphatic carbocycles. The molecule has 1 fully saturated rings. The Kier molecular flexibility index (Phi) is 6.77. The number of para-hydroxylation sites is 2. The maximum atomic E-state index is 13.6. The van der Waals surface area contributed by atoms with Crippen LogP contribution in [0.2, 0.25) is 0 Å². The van der Waals surface area contributed by atoms with Crippen LogP contribution in [-0.2, 0) is 9.59 Å². The number of urea groups is 1. The third kappa shape index (κ3) is 5.33. The maximum absolute atomic E-state index is 13.6. The van der Waals surface area contributed by atoms with Crippen molar-refractivity contribution >= 4 is 29.2 Å². The van der Waals surface area contributed by atoms with Crippen LogP contribution in [-0.4, -0.2) is 41.9 Å². The van der Waals surface area contributed by atoms with E-state index >= 15 is 0 Å². The molecule has 1 saturated heterocycles. The van der Waals surface area contributed by atoms with Crippen molar-refractivity contribution in [2.45, 2.75) is 12.5 Å². The summed E-state index contributed by atoms with van der Waals surface area (Å²) in [7, 11) is 0. The lowest BCUT2D eigenvalue weighted by atomic mass is 10.1. The van der Waals surface area contributed by atoms with E-state index in [0.717, 1.165) is 18.2 Å². The summed E-state index contributed by atoms with van der Waals surface area (Å²) in [4.78, 5) is 38.1. The topological polar surface area (TPSA) is 114 Å². The van der Waals surface area contributed by atoms with Gasteiger partial charge in [0.05, 0.1) is 18.5 Å². The molecule has 160 valence electrons. The first-order valence-corrected chi connectivity index (χ1v) is 9.43. The molecule has 2 aromatic rings. The lowest BCUT2D eigenvalue weighted by Crippen LogP contribution is -2.43. The summed E-state index contributed by atoms with van der Waals surface area (Å²) in [6.45, 7) is -0.492. The summed E-state index contributed by atoms with van der Waals surface area (Å²) in [5.41, 5.74) is -0.0364. The van der Waals surface area contributed by atoms with Gasteiger partial charge < -0.3 is 20.9 Å². The van der Waals surface area contributed by atoms with Gasteiger partial charge in [-0.1, -0.05) is 24.3 Å². The second-order valence-corrected chi connectivity index (χ2v) is 6.88. The SMILES string of the molecule is N#CC1CC(C(=O)Nc2ccccc2)CN1C(=O)CNC(=O)Nc1c(F)cccc1F. The molecule has 8 nitrogen and oxygen atoms in total. The zero-order chi connectivity index (χ0) is 22.4. The molecule has 1 aliphatic heterocycles. The summed E-state index contributed by atoms with van der Waals surface area (Å²) in [6.07, 6.45) is 0.160. The van der Waals surface area contributed by atoms with E-state index in [0.29, 0.717) is 5.69 Å². The Hall–Kier alpha value is -4.00. The van der Waals surface area contributed by atoms with Gasteiger partial charge in [0, 0.05) is 12.2 Å². The summed E-state index contributed by atoms with van der Waals surface area (Å²) >= 11 is 0. The molecule has 31 heavy (non-hydrogen) atoms. The number of nitrogens with zero attached hydrogens (tertiary/aromatic N) is 2. The quantitative estimate of drug-likeness (QED) is 0.680. The number of likely N-dealkylation sites (tertiary alicyclic amines) is 1. The first-order valence-electron chi connectivity index (χ1n) is 9.43. The minimum Gasteiger partial charge on any atom is -0.329 e. The Morgan fingerprint density at radius 1 is 1.03 bits per heavy atom. The van der Waals surface area contributed by atoms with Crippen molar-refractivity contribution in [3.63, 3.8) is 0 Å². The van der Waals surface area contributed by atoms with Gasteiger partial charge in [-0.15, -0.1) is 0 Å². The predicted octanol–water partition coefficient (Wildman–Crippen LogP) is 2.47. The van der Waals surface area contributed by atoms with Crippen LogP contribution >= 0.6 is 0 Å². The van der Waals surface area contributed by atoms with E-state index in [1.807, 2.05) is 11.4 Å². The van der Waals surface area contributed by atoms with Crippen molar-refractivity contribution in [3.8, 4) is 6.07 Å². The first-order chi connectivity index (χ1) is 14.9. The smallest absolute Gasteiger partial charge is 0.319 e. The number of amides is 4. The van der Waals surface area contributed by atoms with Crippen LogP contribution in [0.5, 0.6) is 0 Å². The van der Waals surface area contributed by atoms with E-state index in [4.69, 9.17) is 0 Å². The van der Waals surface area contributed by atoms with Crippen LogP contribution in [0.3, 0.4) is 0 Å². The Labute approximate surface area is 176 Å². The summed E-state index contributed by atoms with van der Waals surface area (Å²) < 4.78 is 27.2. The molecule has 0 saturated carbocycles. The van der Waals surface area contributed by atoms with Crippen molar-refractivity contribution < 1.29 is 23.2 Å². The highest BCUT2D eigenvalue weighted by molar-refractivity contribution is 5.95. The number of nitrogens with one attached hydrogen (secondary N) is 3. The highest BCUT2D eigenvalue weighted by Crippen LogP contribution is 2.24. The number of hydrogen-bond acceptors (Lipinski definition) is 4. The lowest BCUT2D eigenvalue weighted by Gasteiger charge is -2.20. The largest absolute Gasteiger partial charge is 0.329 e. The Balaban J connectivity index is 1.55. The predicted molar refractivity (Wildman–Crippen MR) is 108 cm³/mol. The number of rotatable bonds is 5. The van der Waals surface area contributed by atoms with Gasteiger partial charge in [0.1, 0.15) is 23.4 Å². The Bertz CT molecular complexity index is 1010. The van der Waals surface area contributed by atoms with Gasteiger partial charge in [0.2, 0.25) is 11.8 Å². The summed E-state index contributed by atoms with van der Waals surface area (Å²) in [5.74, 6) is -3.42. The van der Waals surface area contributed by atoms with Crippen LogP contribution in [0.4, 0.5) is 25.0 Å². The molecule has 10 heteroatoms. The number of nitriles is 1. The van der Waals surface area contributed by atoms with Crippen LogP contribution in [0.25, 0.3) is 0 Å². The van der Waals surface area contributed by atoms with Gasteiger partial charge in [-0.25, -0.2) is 13.6 Å². The van der Waals surface area contributed by atoms with Gasteiger partial charge in [0.15, 0.2) is 0 Å². The highest BCUT2D eigenvalue weighted by Gasteiger charge is 2.38. The van der Waals surface area contributed by atoms with Crippen LogP contribution in [0, 0.1) is 28.9 Å². The molecule has 2 unspecified atom stereocenters. The molecule has 2 atom stereocenters. The van der Waals surface area contributed by atoms with Crippen molar-refractivity contribution in [1.82, 2.24) is 10.2 Å². The number of carbonyl (C=O) groups excluding carboxylic acids is 3. The van der Waals surface area contributed by atoms with Crippen molar-refractivity contribution in [3.05, 3.63) is 60.2 Å². The number of carbonyl (C=O) groups is 3. The fraction of sp³-hybridized carbons (Fsp3) is 0.238. The molecule has 3 rings (SSSR count). The van der Waals surface area contributed by atoms with E-state index in [1.54, 1.807) is 30.3 Å². The van der Waals surface area contributed by atoms with Crippen LogP contribution in [0.15, 0.2) is 48.5 Å². The van der Waals surface area contributed by atoms with Gasteiger partial charge in [-0.05, 0) is 30.7 Å². The minimum absolute atomic E-state index is 0.0148. The standard InChI is InChI=1S/C21H19F2N5O3/c22-16-7-4-8-17(23)19(16)27-21(31)25-11-18(29)28-12-13(9-15(28)10-24)20(30)26-14-5-2-1-3-6-14/h1-8,13,15H,9,11-12H2,(H,26,30)(H2,25,27,31). The molecule has 1 heterocycles. The van der Waals surface area contributed by atoms with E-state index in [9.17, 15) is 28.4 Å². The monoisotopic (exact) mass is 427 g/mol. The molecular formula is C21H19F2N5O3. The molecule has 0 spiro atoms. The maximum Gasteiger partial charge on any atom is 0.319 e. The summed E-state index contributed by atoms with van der Waals surface area (Å²) in [5, 5.41) is 16.3. The van der Waals surface area contributed by atoms with E-state index in [-0.39, 0.29) is 18.9 Å². The second kappa shape index (κ2) is 9.67. The van der Waals surface area contributed by atoms with E-state index in [2.05, 4.69) is 10.6 Å². The molecular weight excluding hydrogens is 408 g/mol. The summed E-state index contributed by atoms with van der Waals surface area (Å²) in [6, 6.07) is 12.1. The van der Waals surface area contributed by atoms with Crippen LogP contribution in [0.1, 0.15) is 6.42 Å². The highest BCUT2D eigenvalue weighted by atomic mass is 19.1. The van der Waals surface area contributed by atoms with Crippen LogP contribution < -0.4 is 16.0 Å². The van der Waals surface area contributed by atoms with E-state index in [1.165, 1.54) is 4.90 Å². The molecule has 0 bridgehead atoms. The third-order valence-electron chi connectivity index (χ3n) is 4.78. The number of anilines is 2. The molecule has 0 radical (unpaired) electrons. The average Bonchev–Trinajstić information content (AvgIpc) is 3.20. The average molecular weight is 427 g/mol. The molecule has 0 aromatic heterocycles. The molecule has 3 N–H and O–H groups in total. The molecule has 4 amide bonds. The Morgan fingerprint density at radius 3 is 2.35 bits per heavy atom. The van der Waals surface area contributed by atoms with Crippen molar-refractivity contribution in [2.75, 3.05) is 23.7 Å². The van der Waals surface area contributed by atoms with Gasteiger partial charge in [-0.2, -0.15) is 5.26 Å². The Morgan fingerprint density at radius 2 is 1.71 bits per heavy atom. The van der Waals surface area contributed by atoms with E-state index < -0.39 is 47.8 Å². The fourth-order valence-electron chi connectivity index (χ4n) is 3.22. The number of hydrogen-bond donors (Lipinski definition) is 3. The van der Waals surface area contributed by atoms with Crippen molar-refractivity contribution in [2.24, 2.45) is 5.92 Å². The third-order valence-corrected chi connectivity index (χ3v) is 4.78. The first kappa shape index (κ1) is 21.7. The normalized spacial score (nSPS) is 17.5. The van der Waals surface area contributed by atoms with Gasteiger partial charge >= 0.3 is 6.03 Å². The number of halogens is 2. The van der Waals surface area contributed by atoms with Gasteiger partial charge in [0.25, 0.3) is 0 Å². The molecule has 1 aliphatic rings. The zero-order valence-corrected chi connectivity index (χ0v) is 16.3. The number of benzene rings is 2. The lowest BCUT2D eigenvalue weighted by molar-refractivity contribution is -0.130. The molecule has 2 aromatic carbocycles. The second-order valence-electron chi connectivity index (χ2n) is 6.88. The van der Waals surface area contributed by atoms with Gasteiger partial charge in [-0.3, -0.25) is 9.59 Å². The fourth-order valence-corrected chi connectivity index (χ4v) is 3.22. The van der Waals surface area contributed by atoms with Crippen molar-refractivity contribution in [1.29, 1.82) is 5.26 Å².